The number of ketones is 1. The molecule has 4 nitrogen and oxygen atoms in total. The molecule has 0 amide bonds. The molecule has 6 heteroatoms. The number of nitrogens with zero attached hydrogens (tertiary/aromatic N) is 1. The van der Waals surface area contributed by atoms with Gasteiger partial charge >= 0.3 is 5.97 Å². The van der Waals surface area contributed by atoms with E-state index in [0.717, 1.165) is 4.47 Å². The number of hydrogen-bond acceptors (Lipinski definition) is 4. The molecule has 0 unspecified atom stereocenters. The molecule has 0 fully saturated rings. The average molecular weight is 381 g/mol. The minimum absolute atomic E-state index is 0.0720. The van der Waals surface area contributed by atoms with Crippen LogP contribution in [0.1, 0.15) is 27.6 Å². The van der Waals surface area contributed by atoms with E-state index in [1.807, 2.05) is 0 Å². The molecule has 0 atom stereocenters. The van der Waals surface area contributed by atoms with Gasteiger partial charge in [0.2, 0.25) is 5.78 Å². The number of oxime groups is 1. The molecule has 2 aromatic carbocycles. The van der Waals surface area contributed by atoms with Gasteiger partial charge in [0.05, 0.1) is 10.6 Å². The number of Topliss-reactive ketones (excluding diaryl/α,β-unsaturated/α-hetero) is 1. The molecule has 22 heavy (non-hydrogen) atoms. The first-order valence-corrected chi connectivity index (χ1v) is 7.47. The highest BCUT2D eigenvalue weighted by Gasteiger charge is 2.14. The van der Waals surface area contributed by atoms with Gasteiger partial charge in [0.25, 0.3) is 0 Å². The van der Waals surface area contributed by atoms with Gasteiger partial charge in [0.1, 0.15) is 5.71 Å². The fraction of sp³-hybridized carbons (Fsp3) is 0.0625. The number of halogens is 2. The van der Waals surface area contributed by atoms with Gasteiger partial charge in [-0.2, -0.15) is 0 Å². The van der Waals surface area contributed by atoms with E-state index in [9.17, 15) is 9.59 Å². The quantitative estimate of drug-likeness (QED) is 0.339. The van der Waals surface area contributed by atoms with E-state index in [2.05, 4.69) is 21.1 Å². The third kappa shape index (κ3) is 4.02. The van der Waals surface area contributed by atoms with Gasteiger partial charge in [-0.25, -0.2) is 4.79 Å². The normalized spacial score (nSPS) is 11.1. The molecular weight excluding hydrogens is 370 g/mol. The molecule has 0 saturated carbocycles. The molecule has 0 spiro atoms. The fourth-order valence-electron chi connectivity index (χ4n) is 1.64. The lowest BCUT2D eigenvalue weighted by Gasteiger charge is -2.02. The predicted molar refractivity (Wildman–Crippen MR) is 88.4 cm³/mol. The van der Waals surface area contributed by atoms with Crippen LogP contribution in [0.4, 0.5) is 0 Å². The summed E-state index contributed by atoms with van der Waals surface area (Å²) in [6.07, 6.45) is 0. The Balaban J connectivity index is 2.09. The fourth-order valence-corrected chi connectivity index (χ4v) is 2.11. The molecule has 0 aliphatic heterocycles. The smallest absolute Gasteiger partial charge is 0.312 e. The minimum atomic E-state index is -0.714. The number of hydrogen-bond donors (Lipinski definition) is 0. The first-order valence-electron chi connectivity index (χ1n) is 6.30. The van der Waals surface area contributed by atoms with Crippen LogP contribution in [0.15, 0.2) is 58.2 Å². The molecule has 0 aliphatic rings. The van der Waals surface area contributed by atoms with E-state index < -0.39 is 5.97 Å². The third-order valence-electron chi connectivity index (χ3n) is 2.79. The Morgan fingerprint density at radius 1 is 1.09 bits per heavy atom. The maximum absolute atomic E-state index is 12.1. The van der Waals surface area contributed by atoms with Crippen LogP contribution in [0.5, 0.6) is 0 Å². The SMILES string of the molecule is CC(=NOC(=O)c1ccccc1Cl)C(=O)c1ccc(Br)cc1. The van der Waals surface area contributed by atoms with Crippen molar-refractivity contribution in [2.24, 2.45) is 5.16 Å². The standard InChI is InChI=1S/C16H11BrClNO3/c1-10(15(20)11-6-8-12(17)9-7-11)19-22-16(21)13-4-2-3-5-14(13)18/h2-9H,1H3. The molecule has 0 heterocycles. The second kappa shape index (κ2) is 7.33. The minimum Gasteiger partial charge on any atom is -0.312 e. The van der Waals surface area contributed by atoms with Gasteiger partial charge < -0.3 is 4.84 Å². The number of carbonyl (C=O) groups excluding carboxylic acids is 2. The molecule has 2 rings (SSSR count). The van der Waals surface area contributed by atoms with E-state index in [4.69, 9.17) is 16.4 Å². The molecule has 0 radical (unpaired) electrons. The van der Waals surface area contributed by atoms with Crippen LogP contribution in [0.25, 0.3) is 0 Å². The molecule has 0 aliphatic carbocycles. The second-order valence-electron chi connectivity index (χ2n) is 4.37. The largest absolute Gasteiger partial charge is 0.367 e. The summed E-state index contributed by atoms with van der Waals surface area (Å²) in [7, 11) is 0. The van der Waals surface area contributed by atoms with Crippen LogP contribution in [0, 0.1) is 0 Å². The van der Waals surface area contributed by atoms with Gasteiger partial charge in [-0.3, -0.25) is 4.79 Å². The Hall–Kier alpha value is -1.98. The Morgan fingerprint density at radius 3 is 2.36 bits per heavy atom. The van der Waals surface area contributed by atoms with Gasteiger partial charge in [-0.15, -0.1) is 0 Å². The highest BCUT2D eigenvalue weighted by Crippen LogP contribution is 2.16. The average Bonchev–Trinajstić information content (AvgIpc) is 2.52. The Labute approximate surface area is 140 Å². The van der Waals surface area contributed by atoms with Crippen LogP contribution in [-0.2, 0) is 4.84 Å². The van der Waals surface area contributed by atoms with Crippen molar-refractivity contribution in [1.29, 1.82) is 0 Å². The van der Waals surface area contributed by atoms with E-state index >= 15 is 0 Å². The van der Waals surface area contributed by atoms with Crippen molar-refractivity contribution in [1.82, 2.24) is 0 Å². The highest BCUT2D eigenvalue weighted by atomic mass is 79.9. The van der Waals surface area contributed by atoms with Crippen LogP contribution in [0.2, 0.25) is 5.02 Å². The molecular formula is C16H11BrClNO3. The van der Waals surface area contributed by atoms with Crippen molar-refractivity contribution >= 4 is 45.0 Å². The summed E-state index contributed by atoms with van der Waals surface area (Å²) >= 11 is 9.18. The number of benzene rings is 2. The van der Waals surface area contributed by atoms with Crippen molar-refractivity contribution in [2.45, 2.75) is 6.92 Å². The van der Waals surface area contributed by atoms with Crippen LogP contribution in [0.3, 0.4) is 0 Å². The van der Waals surface area contributed by atoms with Gasteiger partial charge in [0, 0.05) is 10.0 Å². The second-order valence-corrected chi connectivity index (χ2v) is 5.69. The van der Waals surface area contributed by atoms with Crippen molar-refractivity contribution in [2.75, 3.05) is 0 Å². The first-order chi connectivity index (χ1) is 10.5. The van der Waals surface area contributed by atoms with Crippen molar-refractivity contribution in [3.63, 3.8) is 0 Å². The van der Waals surface area contributed by atoms with Crippen molar-refractivity contribution in [3.05, 3.63) is 69.2 Å². The summed E-state index contributed by atoms with van der Waals surface area (Å²) in [5.74, 6) is -1.03. The Morgan fingerprint density at radius 2 is 1.73 bits per heavy atom. The zero-order valence-corrected chi connectivity index (χ0v) is 13.9. The van der Waals surface area contributed by atoms with Crippen LogP contribution in [-0.4, -0.2) is 17.5 Å². The van der Waals surface area contributed by atoms with E-state index in [-0.39, 0.29) is 22.1 Å². The maximum Gasteiger partial charge on any atom is 0.367 e. The summed E-state index contributed by atoms with van der Waals surface area (Å²) in [5, 5.41) is 3.85. The lowest BCUT2D eigenvalue weighted by molar-refractivity contribution is 0.0515. The third-order valence-corrected chi connectivity index (χ3v) is 3.65. The Bertz CT molecular complexity index is 741. The monoisotopic (exact) mass is 379 g/mol. The Kier molecular flexibility index (Phi) is 5.46. The summed E-state index contributed by atoms with van der Waals surface area (Å²) < 4.78 is 0.865. The molecule has 0 N–H and O–H groups in total. The lowest BCUT2D eigenvalue weighted by atomic mass is 10.1. The lowest BCUT2D eigenvalue weighted by Crippen LogP contribution is -2.12. The van der Waals surface area contributed by atoms with Crippen molar-refractivity contribution < 1.29 is 14.4 Å². The topological polar surface area (TPSA) is 55.7 Å². The first kappa shape index (κ1) is 16.4. The maximum atomic E-state index is 12.1. The predicted octanol–water partition coefficient (Wildman–Crippen LogP) is 4.52. The van der Waals surface area contributed by atoms with E-state index in [0.29, 0.717) is 5.56 Å². The van der Waals surface area contributed by atoms with Gasteiger partial charge in [-0.1, -0.05) is 44.8 Å². The summed E-state index contributed by atoms with van der Waals surface area (Å²) in [6, 6.07) is 13.2. The zero-order chi connectivity index (χ0) is 16.1. The molecule has 0 bridgehead atoms. The molecule has 2 aromatic rings. The zero-order valence-electron chi connectivity index (χ0n) is 11.5. The molecule has 112 valence electrons. The molecule has 0 aromatic heterocycles. The summed E-state index contributed by atoms with van der Waals surface area (Å²) in [4.78, 5) is 28.7. The van der Waals surface area contributed by atoms with Crippen molar-refractivity contribution in [3.8, 4) is 0 Å². The summed E-state index contributed by atoms with van der Waals surface area (Å²) in [6.45, 7) is 1.48. The van der Waals surface area contributed by atoms with E-state index in [1.165, 1.54) is 13.0 Å². The molecule has 0 saturated heterocycles. The van der Waals surface area contributed by atoms with Crippen LogP contribution >= 0.6 is 27.5 Å². The van der Waals surface area contributed by atoms with Crippen LogP contribution < -0.4 is 0 Å². The highest BCUT2D eigenvalue weighted by molar-refractivity contribution is 9.10. The van der Waals surface area contributed by atoms with E-state index in [1.54, 1.807) is 42.5 Å². The number of carbonyl (C=O) groups is 2. The number of rotatable bonds is 4. The summed E-state index contributed by atoms with van der Waals surface area (Å²) in [5.41, 5.74) is 0.720. The van der Waals surface area contributed by atoms with Gasteiger partial charge in [0.15, 0.2) is 0 Å². The van der Waals surface area contributed by atoms with Gasteiger partial charge in [-0.05, 0) is 43.3 Å².